The molecule has 0 unspecified atom stereocenters. The molecular weight excluding hydrogens is 600 g/mol. The number of fused-ring (bicyclic) bond motifs is 2. The minimum atomic E-state index is -4.52. The molecule has 230 valence electrons. The third kappa shape index (κ3) is 6.61. The van der Waals surface area contributed by atoms with Gasteiger partial charge in [0.15, 0.2) is 5.69 Å². The number of alkyl halides is 3. The van der Waals surface area contributed by atoms with Crippen LogP contribution in [0.2, 0.25) is 0 Å². The molecule has 0 atom stereocenters. The fourth-order valence-electron chi connectivity index (χ4n) is 6.38. The SMILES string of the molecule is Cn1nc(C(F)(F)F)c2cc(CN3CCc4cc(S(=O)(=O)Nc5ccc(CCCC6CCCC6)cc5F)ccc4C3)sc21. The summed E-state index contributed by atoms with van der Waals surface area (Å²) >= 11 is 1.29. The Bertz CT molecular complexity index is 1740. The molecule has 2 aromatic carbocycles. The second-order valence-corrected chi connectivity index (χ2v) is 14.6. The molecule has 3 heterocycles. The third-order valence-corrected chi connectivity index (χ3v) is 11.2. The molecule has 0 spiro atoms. The van der Waals surface area contributed by atoms with Crippen molar-refractivity contribution in [3.05, 3.63) is 75.5 Å². The second-order valence-electron chi connectivity index (χ2n) is 11.8. The van der Waals surface area contributed by atoms with E-state index in [4.69, 9.17) is 0 Å². The highest BCUT2D eigenvalue weighted by atomic mass is 32.2. The Kier molecular flexibility index (Phi) is 8.29. The van der Waals surface area contributed by atoms with Gasteiger partial charge in [-0.1, -0.05) is 44.2 Å². The lowest BCUT2D eigenvalue weighted by molar-refractivity contribution is -0.140. The molecule has 6 nitrogen and oxygen atoms in total. The number of nitrogens with one attached hydrogen (secondary N) is 1. The van der Waals surface area contributed by atoms with Crippen LogP contribution >= 0.6 is 11.3 Å². The van der Waals surface area contributed by atoms with E-state index in [2.05, 4.69) is 14.7 Å². The summed E-state index contributed by atoms with van der Waals surface area (Å²) in [5.41, 5.74) is 1.76. The summed E-state index contributed by atoms with van der Waals surface area (Å²) in [4.78, 5) is 3.48. The molecule has 0 saturated heterocycles. The highest BCUT2D eigenvalue weighted by Gasteiger charge is 2.37. The quantitative estimate of drug-likeness (QED) is 0.192. The van der Waals surface area contributed by atoms with Crippen LogP contribution in [0.4, 0.5) is 23.2 Å². The fourth-order valence-corrected chi connectivity index (χ4v) is 8.61. The second kappa shape index (κ2) is 11.9. The van der Waals surface area contributed by atoms with Crippen molar-refractivity contribution in [1.29, 1.82) is 0 Å². The number of hydrogen-bond acceptors (Lipinski definition) is 5. The van der Waals surface area contributed by atoms with Crippen LogP contribution in [-0.2, 0) is 49.2 Å². The van der Waals surface area contributed by atoms with Crippen LogP contribution in [0.5, 0.6) is 0 Å². The lowest BCUT2D eigenvalue weighted by Crippen LogP contribution is -2.30. The molecule has 12 heteroatoms. The summed E-state index contributed by atoms with van der Waals surface area (Å²) < 4.78 is 85.0. The van der Waals surface area contributed by atoms with Gasteiger partial charge in [-0.05, 0) is 72.2 Å². The predicted octanol–water partition coefficient (Wildman–Crippen LogP) is 7.66. The topological polar surface area (TPSA) is 67.2 Å². The van der Waals surface area contributed by atoms with Gasteiger partial charge >= 0.3 is 6.18 Å². The Balaban J connectivity index is 1.09. The number of rotatable bonds is 9. The van der Waals surface area contributed by atoms with Crippen LogP contribution in [-0.4, -0.2) is 29.6 Å². The maximum atomic E-state index is 14.9. The van der Waals surface area contributed by atoms with E-state index >= 15 is 0 Å². The van der Waals surface area contributed by atoms with Gasteiger partial charge in [-0.3, -0.25) is 14.3 Å². The Hall–Kier alpha value is -2.96. The first-order chi connectivity index (χ1) is 20.5. The average Bonchev–Trinajstić information content (AvgIpc) is 3.68. The van der Waals surface area contributed by atoms with Gasteiger partial charge in [0.1, 0.15) is 10.6 Å². The molecule has 43 heavy (non-hydrogen) atoms. The summed E-state index contributed by atoms with van der Waals surface area (Å²) in [6, 6.07) is 11.2. The van der Waals surface area contributed by atoms with Crippen molar-refractivity contribution in [3.63, 3.8) is 0 Å². The van der Waals surface area contributed by atoms with Crippen molar-refractivity contribution < 1.29 is 26.0 Å². The monoisotopic (exact) mass is 634 g/mol. The number of anilines is 1. The zero-order valence-corrected chi connectivity index (χ0v) is 25.5. The van der Waals surface area contributed by atoms with Crippen LogP contribution in [0.3, 0.4) is 0 Å². The van der Waals surface area contributed by atoms with Gasteiger partial charge in [0.05, 0.1) is 10.6 Å². The summed E-state index contributed by atoms with van der Waals surface area (Å²) in [6.07, 6.45) is 4.18. The Morgan fingerprint density at radius 3 is 2.60 bits per heavy atom. The van der Waals surface area contributed by atoms with Gasteiger partial charge in [0.25, 0.3) is 10.0 Å². The summed E-state index contributed by atoms with van der Waals surface area (Å²) in [5.74, 6) is 0.194. The number of hydrogen-bond donors (Lipinski definition) is 1. The zero-order valence-electron chi connectivity index (χ0n) is 23.9. The first-order valence-corrected chi connectivity index (χ1v) is 16.9. The van der Waals surface area contributed by atoms with Crippen molar-refractivity contribution in [1.82, 2.24) is 14.7 Å². The summed E-state index contributed by atoms with van der Waals surface area (Å²) in [7, 11) is -2.49. The molecule has 1 aliphatic carbocycles. The smallest absolute Gasteiger partial charge is 0.294 e. The molecule has 1 N–H and O–H groups in total. The van der Waals surface area contributed by atoms with Crippen molar-refractivity contribution in [2.45, 2.75) is 75.5 Å². The predicted molar refractivity (Wildman–Crippen MR) is 160 cm³/mol. The number of thiophene rings is 1. The number of sulfonamides is 1. The number of aryl methyl sites for hydroxylation is 2. The van der Waals surface area contributed by atoms with Crippen molar-refractivity contribution in [3.8, 4) is 0 Å². The summed E-state index contributed by atoms with van der Waals surface area (Å²) in [6.45, 7) is 1.64. The van der Waals surface area contributed by atoms with Crippen LogP contribution in [0, 0.1) is 11.7 Å². The molecule has 0 bridgehead atoms. The van der Waals surface area contributed by atoms with E-state index < -0.39 is 27.7 Å². The van der Waals surface area contributed by atoms with Crippen LogP contribution in [0.15, 0.2) is 47.4 Å². The zero-order chi connectivity index (χ0) is 30.4. The van der Waals surface area contributed by atoms with Crippen molar-refractivity contribution in [2.75, 3.05) is 11.3 Å². The minimum absolute atomic E-state index is 0.0661. The molecular formula is C31H34F4N4O2S2. The first-order valence-electron chi connectivity index (χ1n) is 14.6. The standard InChI is InChI=1S/C31H34F4N4O2S2/c1-38-30-26(29(36-38)31(33,34)35)17-24(42-30)19-39-14-13-22-16-25(11-10-23(22)18-39)43(40,41)37-28-12-9-21(15-27(28)32)8-4-7-20-5-2-3-6-20/h9-12,15-17,20,37H,2-8,13-14,18-19H2,1H3. The van der Waals surface area contributed by atoms with Crippen LogP contribution < -0.4 is 4.72 Å². The molecule has 0 radical (unpaired) electrons. The van der Waals surface area contributed by atoms with Crippen LogP contribution in [0.25, 0.3) is 10.2 Å². The van der Waals surface area contributed by atoms with E-state index in [1.807, 2.05) is 0 Å². The Labute approximate surface area is 252 Å². The van der Waals surface area contributed by atoms with E-state index in [9.17, 15) is 26.0 Å². The van der Waals surface area contributed by atoms with Gasteiger partial charge in [-0.2, -0.15) is 18.3 Å². The molecule has 6 rings (SSSR count). The van der Waals surface area contributed by atoms with Crippen LogP contribution in [0.1, 0.15) is 65.8 Å². The highest BCUT2D eigenvalue weighted by molar-refractivity contribution is 7.92. The maximum Gasteiger partial charge on any atom is 0.435 e. The van der Waals surface area contributed by atoms with Gasteiger partial charge in [0, 0.05) is 36.9 Å². The van der Waals surface area contributed by atoms with E-state index in [0.29, 0.717) is 30.9 Å². The van der Waals surface area contributed by atoms with Crippen molar-refractivity contribution >= 4 is 37.3 Å². The molecule has 1 saturated carbocycles. The summed E-state index contributed by atoms with van der Waals surface area (Å²) in [5, 5.41) is 3.75. The molecule has 2 aliphatic rings. The molecule has 1 fully saturated rings. The average molecular weight is 635 g/mol. The van der Waals surface area contributed by atoms with Gasteiger partial charge < -0.3 is 0 Å². The largest absolute Gasteiger partial charge is 0.435 e. The van der Waals surface area contributed by atoms with E-state index in [1.54, 1.807) is 24.3 Å². The van der Waals surface area contributed by atoms with E-state index in [1.165, 1.54) is 66.9 Å². The Morgan fingerprint density at radius 1 is 1.07 bits per heavy atom. The number of aromatic nitrogens is 2. The number of halogens is 4. The lowest BCUT2D eigenvalue weighted by atomic mass is 9.98. The fraction of sp³-hybridized carbons (Fsp3) is 0.452. The van der Waals surface area contributed by atoms with Gasteiger partial charge in [-0.25, -0.2) is 12.8 Å². The normalized spacial score (nSPS) is 16.7. The molecule has 0 amide bonds. The molecule has 1 aliphatic heterocycles. The van der Waals surface area contributed by atoms with Crippen molar-refractivity contribution in [2.24, 2.45) is 13.0 Å². The molecule has 4 aromatic rings. The molecule has 2 aromatic heterocycles. The maximum absolute atomic E-state index is 14.9. The van der Waals surface area contributed by atoms with E-state index in [-0.39, 0.29) is 16.0 Å². The van der Waals surface area contributed by atoms with E-state index in [0.717, 1.165) is 46.7 Å². The van der Waals surface area contributed by atoms with Gasteiger partial charge in [-0.15, -0.1) is 11.3 Å². The third-order valence-electron chi connectivity index (χ3n) is 8.62. The highest BCUT2D eigenvalue weighted by Crippen LogP contribution is 2.38. The lowest BCUT2D eigenvalue weighted by Gasteiger charge is -2.28. The van der Waals surface area contributed by atoms with Gasteiger partial charge in [0.2, 0.25) is 0 Å². The Morgan fingerprint density at radius 2 is 1.86 bits per heavy atom. The number of nitrogens with zero attached hydrogens (tertiary/aromatic N) is 3. The first kappa shape index (κ1) is 30.1. The minimum Gasteiger partial charge on any atom is -0.294 e. The number of benzene rings is 2.